The van der Waals surface area contributed by atoms with Crippen molar-refractivity contribution in [1.82, 2.24) is 5.32 Å². The summed E-state index contributed by atoms with van der Waals surface area (Å²) in [5, 5.41) is 2.79. The van der Waals surface area contributed by atoms with Crippen LogP contribution in [0.4, 0.5) is 0 Å². The van der Waals surface area contributed by atoms with Gasteiger partial charge in [0.05, 0.1) is 13.0 Å². The predicted molar refractivity (Wildman–Crippen MR) is 277 cm³/mol. The van der Waals surface area contributed by atoms with E-state index in [1.807, 2.05) is 0 Å². The summed E-state index contributed by atoms with van der Waals surface area (Å²) in [4.78, 5) is 40.0. The van der Waals surface area contributed by atoms with E-state index in [0.717, 1.165) is 74.5 Å². The molecular formula is C58H95NO9S. The fourth-order valence-corrected chi connectivity index (χ4v) is 14.0. The topological polar surface area (TPSA) is 145 Å². The zero-order valence-corrected chi connectivity index (χ0v) is 44.9. The molecule has 0 bridgehead atoms. The van der Waals surface area contributed by atoms with Crippen LogP contribution < -0.4 is 9.50 Å². The monoisotopic (exact) mass is 982 g/mol. The molecule has 392 valence electrons. The highest BCUT2D eigenvalue weighted by Gasteiger charge is 2.59. The summed E-state index contributed by atoms with van der Waals surface area (Å²) in [5.41, 5.74) is 2.67. The summed E-state index contributed by atoms with van der Waals surface area (Å²) < 4.78 is 47.7. The first-order valence-corrected chi connectivity index (χ1v) is 29.5. The minimum atomic E-state index is -4.69. The molecule has 3 fully saturated rings. The average molecular weight is 982 g/mol. The molecule has 0 aromatic heterocycles. The number of unbranched alkanes of at least 4 members (excludes halogenated alkanes) is 15. The number of carbonyl (C=O) groups is 3. The van der Waals surface area contributed by atoms with Crippen molar-refractivity contribution >= 4 is 28.2 Å². The lowest BCUT2D eigenvalue weighted by Crippen LogP contribution is -2.51. The molecule has 3 saturated carbocycles. The van der Waals surface area contributed by atoms with Crippen LogP contribution in [0.5, 0.6) is 5.75 Å². The first kappa shape index (κ1) is 57.0. The summed E-state index contributed by atoms with van der Waals surface area (Å²) >= 11 is 0. The zero-order chi connectivity index (χ0) is 49.9. The molecule has 0 aliphatic heterocycles. The molecule has 9 atom stereocenters. The third-order valence-electron chi connectivity index (χ3n) is 17.5. The van der Waals surface area contributed by atoms with E-state index in [2.05, 4.69) is 57.1 Å². The normalized spacial score (nSPS) is 26.3. The minimum absolute atomic E-state index is 0.0794. The van der Waals surface area contributed by atoms with Crippen molar-refractivity contribution in [2.75, 3.05) is 6.61 Å². The smallest absolute Gasteiger partial charge is 0.446 e. The van der Waals surface area contributed by atoms with Gasteiger partial charge in [0.25, 0.3) is 0 Å². The summed E-state index contributed by atoms with van der Waals surface area (Å²) in [6.07, 6.45) is 35.3. The van der Waals surface area contributed by atoms with Gasteiger partial charge in [-0.05, 0) is 115 Å². The number of esters is 2. The molecule has 0 heterocycles. The summed E-state index contributed by atoms with van der Waals surface area (Å²) in [7, 11) is -4.69. The number of amides is 1. The van der Waals surface area contributed by atoms with Crippen LogP contribution in [0.15, 0.2) is 35.9 Å². The standard InChI is InChI=1S/C58H95NO9S/c1-7-8-9-10-11-12-13-14-15-16-17-18-19-20-21-22-40-66-56(62)53(41-45-26-29-47(30-27-45)68-69(63,64)65)59-54(60)34-35-55(61)67-48-36-38-57(5)46(42-48)28-31-49-51-33-32-50(44(4)25-23-24-43(2)3)58(51,6)39-37-52(49)57/h26-30,43-44,48-53H,7-25,31-42H2,1-6H3,(H,59,60)(H,63,64,65)/t44-,48+,49+,50-,51+,52+,53-,57+,58-/m1/s1. The van der Waals surface area contributed by atoms with Crippen molar-refractivity contribution in [3.8, 4) is 5.75 Å². The Balaban J connectivity index is 1.04. The quantitative estimate of drug-likeness (QED) is 0.0312. The van der Waals surface area contributed by atoms with Crippen molar-refractivity contribution in [2.45, 2.75) is 246 Å². The lowest BCUT2D eigenvalue weighted by molar-refractivity contribution is -0.152. The molecule has 1 aromatic carbocycles. The molecule has 0 spiro atoms. The second-order valence-electron chi connectivity index (χ2n) is 23.1. The Bertz CT molecular complexity index is 1860. The van der Waals surface area contributed by atoms with Crippen molar-refractivity contribution in [3.63, 3.8) is 0 Å². The van der Waals surface area contributed by atoms with Crippen molar-refractivity contribution in [2.24, 2.45) is 46.3 Å². The van der Waals surface area contributed by atoms with E-state index in [4.69, 9.17) is 14.0 Å². The number of hydrogen-bond donors (Lipinski definition) is 2. The number of fused-ring (bicyclic) bond motifs is 5. The summed E-state index contributed by atoms with van der Waals surface area (Å²) in [5.74, 6) is 3.10. The van der Waals surface area contributed by atoms with Crippen LogP contribution in [0, 0.1) is 46.3 Å². The highest BCUT2D eigenvalue weighted by Crippen LogP contribution is 2.67. The Kier molecular flexibility index (Phi) is 23.4. The highest BCUT2D eigenvalue weighted by atomic mass is 32.3. The second-order valence-corrected chi connectivity index (χ2v) is 24.1. The average Bonchev–Trinajstić information content (AvgIpc) is 3.66. The van der Waals surface area contributed by atoms with Gasteiger partial charge in [-0.3, -0.25) is 14.1 Å². The SMILES string of the molecule is CCCCCCCCCCCCCCCCCCOC(=O)[C@@H](Cc1ccc(OS(=O)(=O)O)cc1)NC(=O)CCC(=O)O[C@H]1CC[C@@]2(C)C(=CC[C@H]3[C@@H]4CC[C@H]([C@H](C)CCCC(C)C)[C@@]4(C)CC[C@@H]32)C1. The third-order valence-corrected chi connectivity index (χ3v) is 17.9. The van der Waals surface area contributed by atoms with Gasteiger partial charge in [0, 0.05) is 19.3 Å². The molecule has 2 N–H and O–H groups in total. The number of benzene rings is 1. The van der Waals surface area contributed by atoms with Crippen LogP contribution in [-0.2, 0) is 40.7 Å². The Morgan fingerprint density at radius 3 is 1.99 bits per heavy atom. The van der Waals surface area contributed by atoms with Crippen LogP contribution in [-0.4, -0.2) is 49.6 Å². The molecule has 4 aliphatic rings. The summed E-state index contributed by atoms with van der Waals surface area (Å²) in [6, 6.07) is 4.82. The van der Waals surface area contributed by atoms with Crippen LogP contribution in [0.1, 0.15) is 233 Å². The van der Waals surface area contributed by atoms with E-state index in [1.165, 1.54) is 146 Å². The Hall–Kier alpha value is -2.92. The lowest BCUT2D eigenvalue weighted by atomic mass is 9.47. The fourth-order valence-electron chi connectivity index (χ4n) is 13.6. The number of rotatable bonds is 32. The largest absolute Gasteiger partial charge is 0.464 e. The van der Waals surface area contributed by atoms with E-state index in [0.29, 0.717) is 16.9 Å². The fraction of sp³-hybridized carbons (Fsp3) is 0.810. The van der Waals surface area contributed by atoms with E-state index in [9.17, 15) is 22.8 Å². The maximum Gasteiger partial charge on any atom is 0.446 e. The van der Waals surface area contributed by atoms with E-state index in [-0.39, 0.29) is 43.1 Å². The van der Waals surface area contributed by atoms with Crippen molar-refractivity contribution in [3.05, 3.63) is 41.5 Å². The molecule has 0 unspecified atom stereocenters. The molecule has 69 heavy (non-hydrogen) atoms. The molecule has 1 amide bonds. The van der Waals surface area contributed by atoms with Gasteiger partial charge in [-0.1, -0.05) is 181 Å². The van der Waals surface area contributed by atoms with E-state index >= 15 is 0 Å². The van der Waals surface area contributed by atoms with Crippen LogP contribution >= 0.6 is 0 Å². The van der Waals surface area contributed by atoms with Crippen molar-refractivity contribution in [1.29, 1.82) is 0 Å². The second kappa shape index (κ2) is 28.4. The zero-order valence-electron chi connectivity index (χ0n) is 44.0. The number of nitrogens with one attached hydrogen (secondary N) is 1. The molecule has 5 rings (SSSR count). The van der Waals surface area contributed by atoms with Gasteiger partial charge >= 0.3 is 22.3 Å². The minimum Gasteiger partial charge on any atom is -0.464 e. The molecule has 4 aliphatic carbocycles. The summed E-state index contributed by atoms with van der Waals surface area (Å²) in [6.45, 7) is 14.9. The van der Waals surface area contributed by atoms with Gasteiger partial charge in [-0.25, -0.2) is 4.79 Å². The van der Waals surface area contributed by atoms with Crippen LogP contribution in [0.3, 0.4) is 0 Å². The molecule has 0 radical (unpaired) electrons. The maximum atomic E-state index is 13.4. The van der Waals surface area contributed by atoms with Gasteiger partial charge in [-0.2, -0.15) is 8.42 Å². The number of ether oxygens (including phenoxy) is 2. The van der Waals surface area contributed by atoms with Gasteiger partial charge in [0.15, 0.2) is 0 Å². The Morgan fingerprint density at radius 1 is 0.754 bits per heavy atom. The number of allylic oxidation sites excluding steroid dienone is 1. The maximum absolute atomic E-state index is 13.4. The first-order valence-electron chi connectivity index (χ1n) is 28.1. The van der Waals surface area contributed by atoms with Gasteiger partial charge < -0.3 is 19.0 Å². The first-order chi connectivity index (χ1) is 33.0. The third kappa shape index (κ3) is 18.0. The van der Waals surface area contributed by atoms with Crippen LogP contribution in [0.25, 0.3) is 0 Å². The highest BCUT2D eigenvalue weighted by molar-refractivity contribution is 7.81. The molecule has 1 aromatic rings. The molecular weight excluding hydrogens is 887 g/mol. The van der Waals surface area contributed by atoms with Crippen LogP contribution in [0.2, 0.25) is 0 Å². The Morgan fingerprint density at radius 2 is 1.38 bits per heavy atom. The predicted octanol–water partition coefficient (Wildman–Crippen LogP) is 14.4. The van der Waals surface area contributed by atoms with Gasteiger partial charge in [-0.15, -0.1) is 0 Å². The molecule has 11 heteroatoms. The van der Waals surface area contributed by atoms with Crippen molar-refractivity contribution < 1.29 is 41.0 Å². The van der Waals surface area contributed by atoms with E-state index < -0.39 is 34.3 Å². The number of hydrogen-bond acceptors (Lipinski definition) is 8. The lowest BCUT2D eigenvalue weighted by Gasteiger charge is -2.58. The Labute approximate surface area is 419 Å². The molecule has 10 nitrogen and oxygen atoms in total. The van der Waals surface area contributed by atoms with E-state index in [1.54, 1.807) is 12.1 Å². The number of carbonyl (C=O) groups excluding carboxylic acids is 3. The van der Waals surface area contributed by atoms with Gasteiger partial charge in [0.1, 0.15) is 17.9 Å². The molecule has 0 saturated heterocycles. The van der Waals surface area contributed by atoms with Gasteiger partial charge in [0.2, 0.25) is 5.91 Å².